The summed E-state index contributed by atoms with van der Waals surface area (Å²) < 4.78 is 10.9. The first kappa shape index (κ1) is 27.5. The number of amides is 2. The third kappa shape index (κ3) is 12.2. The Hall–Kier alpha value is -2.47. The maximum atomic E-state index is 12.6. The van der Waals surface area contributed by atoms with E-state index in [2.05, 4.69) is 15.6 Å². The van der Waals surface area contributed by atoms with Gasteiger partial charge in [0, 0.05) is 6.54 Å². The molecule has 0 aliphatic rings. The molecule has 0 aromatic heterocycles. The summed E-state index contributed by atoms with van der Waals surface area (Å²) in [4.78, 5) is 57.6. The van der Waals surface area contributed by atoms with Gasteiger partial charge in [-0.15, -0.1) is 0 Å². The second kappa shape index (κ2) is 13.0. The number of guanidine groups is 1. The Morgan fingerprint density at radius 2 is 1.73 bits per heavy atom. The van der Waals surface area contributed by atoms with Crippen LogP contribution in [0.4, 0.5) is 0 Å². The second-order valence-corrected chi connectivity index (χ2v) is 8.57. The van der Waals surface area contributed by atoms with Crippen LogP contribution in [-0.2, 0) is 18.9 Å². The van der Waals surface area contributed by atoms with Gasteiger partial charge in [-0.25, -0.2) is 4.79 Å². The quantitative estimate of drug-likeness (QED) is 0.0495. The summed E-state index contributed by atoms with van der Waals surface area (Å²) in [5.41, 5.74) is 16.2. The molecule has 0 aromatic carbocycles. The van der Waals surface area contributed by atoms with Crippen LogP contribution in [0, 0.1) is 5.92 Å². The van der Waals surface area contributed by atoms with Crippen molar-refractivity contribution in [3.8, 4) is 0 Å². The fourth-order valence-corrected chi connectivity index (χ4v) is 2.52. The van der Waals surface area contributed by atoms with E-state index in [1.807, 2.05) is 0 Å². The van der Waals surface area contributed by atoms with E-state index in [4.69, 9.17) is 27.0 Å². The van der Waals surface area contributed by atoms with Gasteiger partial charge < -0.3 is 42.7 Å². The maximum absolute atomic E-state index is 12.6. The first-order chi connectivity index (χ1) is 13.7. The summed E-state index contributed by atoms with van der Waals surface area (Å²) in [6, 6.07) is -3.55. The highest BCUT2D eigenvalue weighted by Gasteiger charge is 2.27. The van der Waals surface area contributed by atoms with Gasteiger partial charge in [0.2, 0.25) is 11.8 Å². The predicted octanol–water partition coefficient (Wildman–Crippen LogP) is -2.19. The van der Waals surface area contributed by atoms with Gasteiger partial charge in [0.15, 0.2) is 5.96 Å². The van der Waals surface area contributed by atoms with E-state index in [-0.39, 0.29) is 24.8 Å². The molecule has 0 heterocycles. The molecular weight excluding hydrogens is 419 g/mol. The minimum atomic E-state index is -4.37. The number of rotatable bonds is 13. The molecule has 11 N–H and O–H groups in total. The van der Waals surface area contributed by atoms with Crippen LogP contribution in [0.25, 0.3) is 0 Å². The number of nitrogens with two attached hydrogens (primary N) is 3. The average Bonchev–Trinajstić information content (AvgIpc) is 2.60. The second-order valence-electron chi connectivity index (χ2n) is 6.88. The summed E-state index contributed by atoms with van der Waals surface area (Å²) in [6.45, 7) is 3.64. The molecule has 30 heavy (non-hydrogen) atoms. The predicted molar refractivity (Wildman–Crippen MR) is 110 cm³/mol. The summed E-state index contributed by atoms with van der Waals surface area (Å²) in [5, 5.41) is 13.9. The minimum Gasteiger partial charge on any atom is -0.479 e. The molecule has 0 saturated carbocycles. The number of allylic oxidation sites excluding steroid dienone is 1. The molecule has 0 aliphatic carbocycles. The standard InChI is InChI=1S/C16H31N6O7P/c1-9(2)12(17)14(24)21-10(5-3-7-20-16(18)19)13(23)22-11(15(25)26)6-4-8-30(27,28)29/h4,6,9-12H,3,5,7-8,17H2,1-2H3,(H,21,24)(H,22,23)(H,25,26)(H4,18,19,20)(H2,27,28,29)/b6-4-/t10?,11-,12?/m0/s1. The lowest BCUT2D eigenvalue weighted by Crippen LogP contribution is -2.55. The van der Waals surface area contributed by atoms with Crippen molar-refractivity contribution in [3.63, 3.8) is 0 Å². The Morgan fingerprint density at radius 1 is 1.13 bits per heavy atom. The van der Waals surface area contributed by atoms with Gasteiger partial charge >= 0.3 is 13.6 Å². The summed E-state index contributed by atoms with van der Waals surface area (Å²) in [5.74, 6) is -3.18. The van der Waals surface area contributed by atoms with E-state index < -0.39 is 49.7 Å². The molecule has 0 aliphatic heterocycles. The number of hydrogen-bond acceptors (Lipinski definition) is 6. The number of hydrogen-bond donors (Lipinski definition) is 8. The van der Waals surface area contributed by atoms with Crippen LogP contribution in [0.2, 0.25) is 0 Å². The van der Waals surface area contributed by atoms with Crippen LogP contribution < -0.4 is 27.8 Å². The van der Waals surface area contributed by atoms with Gasteiger partial charge in [0.05, 0.1) is 12.2 Å². The number of nitrogens with one attached hydrogen (secondary N) is 2. The molecule has 0 radical (unpaired) electrons. The van der Waals surface area contributed by atoms with Gasteiger partial charge in [-0.1, -0.05) is 26.0 Å². The highest BCUT2D eigenvalue weighted by atomic mass is 31.2. The Kier molecular flexibility index (Phi) is 11.9. The SMILES string of the molecule is CC(C)C(N)C(=O)NC(CCCN=C(N)N)C(=O)N[C@@H](/C=C\CP(=O)(O)O)C(=O)O. The Bertz CT molecular complexity index is 702. The third-order valence-electron chi connectivity index (χ3n) is 3.83. The zero-order chi connectivity index (χ0) is 23.5. The van der Waals surface area contributed by atoms with E-state index in [0.717, 1.165) is 12.2 Å². The van der Waals surface area contributed by atoms with Gasteiger partial charge in [0.25, 0.3) is 0 Å². The molecule has 14 heteroatoms. The van der Waals surface area contributed by atoms with Crippen molar-refractivity contribution in [2.45, 2.75) is 44.8 Å². The molecule has 0 rings (SSSR count). The zero-order valence-electron chi connectivity index (χ0n) is 16.9. The number of aliphatic imine (C=N–C) groups is 1. The van der Waals surface area contributed by atoms with Crippen molar-refractivity contribution in [2.24, 2.45) is 28.1 Å². The molecule has 2 unspecified atom stereocenters. The van der Waals surface area contributed by atoms with Crippen molar-refractivity contribution in [3.05, 3.63) is 12.2 Å². The molecule has 0 aromatic rings. The minimum absolute atomic E-state index is 0.0949. The molecule has 13 nitrogen and oxygen atoms in total. The van der Waals surface area contributed by atoms with Gasteiger partial charge in [-0.3, -0.25) is 19.1 Å². The first-order valence-electron chi connectivity index (χ1n) is 9.10. The largest absolute Gasteiger partial charge is 0.479 e. The number of carbonyl (C=O) groups excluding carboxylic acids is 2. The lowest BCUT2D eigenvalue weighted by Gasteiger charge is -2.23. The molecule has 172 valence electrons. The summed E-state index contributed by atoms with van der Waals surface area (Å²) >= 11 is 0. The zero-order valence-corrected chi connectivity index (χ0v) is 17.8. The Labute approximate surface area is 174 Å². The average molecular weight is 450 g/mol. The first-order valence-corrected chi connectivity index (χ1v) is 10.9. The van der Waals surface area contributed by atoms with E-state index in [9.17, 15) is 24.1 Å². The van der Waals surface area contributed by atoms with Crippen LogP contribution in [-0.4, -0.2) is 69.5 Å². The Morgan fingerprint density at radius 3 is 2.20 bits per heavy atom. The number of nitrogens with zero attached hydrogens (tertiary/aromatic N) is 1. The highest BCUT2D eigenvalue weighted by molar-refractivity contribution is 7.51. The van der Waals surface area contributed by atoms with Crippen LogP contribution in [0.15, 0.2) is 17.1 Å². The third-order valence-corrected chi connectivity index (χ3v) is 4.52. The van der Waals surface area contributed by atoms with Crippen molar-refractivity contribution in [1.29, 1.82) is 0 Å². The van der Waals surface area contributed by atoms with E-state index in [1.165, 1.54) is 0 Å². The maximum Gasteiger partial charge on any atom is 0.330 e. The summed E-state index contributed by atoms with van der Waals surface area (Å²) in [7, 11) is -4.37. The highest BCUT2D eigenvalue weighted by Crippen LogP contribution is 2.33. The number of aliphatic carboxylic acids is 1. The smallest absolute Gasteiger partial charge is 0.330 e. The molecule has 3 atom stereocenters. The molecular formula is C16H31N6O7P. The van der Waals surface area contributed by atoms with E-state index in [0.29, 0.717) is 6.42 Å². The van der Waals surface area contributed by atoms with Crippen molar-refractivity contribution >= 4 is 31.3 Å². The van der Waals surface area contributed by atoms with Crippen molar-refractivity contribution in [2.75, 3.05) is 12.7 Å². The van der Waals surface area contributed by atoms with Gasteiger partial charge in [-0.05, 0) is 18.8 Å². The van der Waals surface area contributed by atoms with E-state index >= 15 is 0 Å². The number of carboxylic acid groups (broad SMARTS) is 1. The van der Waals surface area contributed by atoms with Gasteiger partial charge in [0.1, 0.15) is 12.1 Å². The van der Waals surface area contributed by atoms with Crippen molar-refractivity contribution in [1.82, 2.24) is 10.6 Å². The van der Waals surface area contributed by atoms with Crippen LogP contribution >= 0.6 is 7.60 Å². The lowest BCUT2D eigenvalue weighted by molar-refractivity contribution is -0.140. The topological polar surface area (TPSA) is 243 Å². The number of carbonyl (C=O) groups is 3. The molecule has 0 fully saturated rings. The lowest BCUT2D eigenvalue weighted by atomic mass is 10.0. The fraction of sp³-hybridized carbons (Fsp3) is 0.625. The summed E-state index contributed by atoms with van der Waals surface area (Å²) in [6.07, 6.45) is 1.61. The molecule has 0 bridgehead atoms. The Balaban J connectivity index is 5.28. The van der Waals surface area contributed by atoms with Gasteiger partial charge in [-0.2, -0.15) is 0 Å². The van der Waals surface area contributed by atoms with E-state index in [1.54, 1.807) is 13.8 Å². The number of carboxylic acids is 1. The van der Waals surface area contributed by atoms with Crippen molar-refractivity contribution < 1.29 is 33.8 Å². The monoisotopic (exact) mass is 450 g/mol. The fourth-order valence-electron chi connectivity index (χ4n) is 2.12. The van der Waals surface area contributed by atoms with Crippen LogP contribution in [0.5, 0.6) is 0 Å². The van der Waals surface area contributed by atoms with Crippen LogP contribution in [0.3, 0.4) is 0 Å². The molecule has 2 amide bonds. The molecule has 0 spiro atoms. The van der Waals surface area contributed by atoms with Crippen LogP contribution in [0.1, 0.15) is 26.7 Å². The molecule has 0 saturated heterocycles. The normalized spacial score (nSPS) is 14.7.